The normalized spacial score (nSPS) is 13.0. The summed E-state index contributed by atoms with van der Waals surface area (Å²) in [6.45, 7) is 4.18. The number of hydrogen-bond donors (Lipinski definition) is 6. The largest absolute Gasteiger partial charge is 0.397 e. The highest BCUT2D eigenvalue weighted by Crippen LogP contribution is 2.44. The minimum atomic E-state index is -5.10. The van der Waals surface area contributed by atoms with Crippen molar-refractivity contribution < 1.29 is 48.5 Å². The van der Waals surface area contributed by atoms with Crippen molar-refractivity contribution in [1.82, 2.24) is 15.0 Å². The van der Waals surface area contributed by atoms with Gasteiger partial charge in [-0.3, -0.25) is 23.2 Å². The van der Waals surface area contributed by atoms with Gasteiger partial charge in [-0.2, -0.15) is 35.2 Å². The summed E-state index contributed by atoms with van der Waals surface area (Å²) in [6, 6.07) is 11.9. The second kappa shape index (κ2) is 13.5. The Morgan fingerprint density at radius 1 is 0.704 bits per heavy atom. The Kier molecular flexibility index (Phi) is 9.59. The zero-order valence-corrected chi connectivity index (χ0v) is 31.2. The van der Waals surface area contributed by atoms with E-state index in [0.29, 0.717) is 5.56 Å². The van der Waals surface area contributed by atoms with Crippen LogP contribution in [0.3, 0.4) is 0 Å². The lowest BCUT2D eigenvalue weighted by atomic mass is 9.82. The molecule has 1 aromatic heterocycles. The first-order valence-electron chi connectivity index (χ1n) is 15.3. The Bertz CT molecular complexity index is 2830. The number of nitrogen functional groups attached to an aromatic ring is 1. The van der Waals surface area contributed by atoms with Gasteiger partial charge in [-0.15, -0.1) is 0 Å². The zero-order valence-electron chi connectivity index (χ0n) is 28.0. The molecule has 17 nitrogen and oxygen atoms in total. The molecule has 0 bridgehead atoms. The molecule has 7 N–H and O–H groups in total. The predicted octanol–water partition coefficient (Wildman–Crippen LogP) is 4.63. The molecule has 1 aliphatic carbocycles. The van der Waals surface area contributed by atoms with E-state index in [0.717, 1.165) is 6.07 Å². The van der Waals surface area contributed by atoms with Crippen molar-refractivity contribution in [2.24, 2.45) is 0 Å². The average Bonchev–Trinajstić information content (AvgIpc) is 3.06. The van der Waals surface area contributed by atoms with E-state index < -0.39 is 63.0 Å². The molecule has 0 fully saturated rings. The molecule has 0 saturated heterocycles. The molecule has 0 spiro atoms. The Morgan fingerprint density at radius 3 is 1.87 bits per heavy atom. The third-order valence-corrected chi connectivity index (χ3v) is 11.7. The van der Waals surface area contributed by atoms with Crippen molar-refractivity contribution in [2.45, 2.75) is 41.9 Å². The molecule has 0 amide bonds. The van der Waals surface area contributed by atoms with Gasteiger partial charge in [-0.25, -0.2) is 4.98 Å². The molecule has 0 unspecified atom stereocenters. The Morgan fingerprint density at radius 2 is 1.30 bits per heavy atom. The number of benzene rings is 4. The molecule has 0 aliphatic heterocycles. The van der Waals surface area contributed by atoms with E-state index in [1.165, 1.54) is 63.2 Å². The number of anilines is 5. The highest BCUT2D eigenvalue weighted by molar-refractivity contribution is 7.86. The molecule has 4 aromatic carbocycles. The fourth-order valence-electron chi connectivity index (χ4n) is 6.33. The lowest BCUT2D eigenvalue weighted by Crippen LogP contribution is -2.25. The summed E-state index contributed by atoms with van der Waals surface area (Å²) >= 11 is 6.20. The molecule has 280 valence electrons. The molecule has 0 atom stereocenters. The maximum Gasteiger partial charge on any atom is 0.296 e. The summed E-state index contributed by atoms with van der Waals surface area (Å²) in [4.78, 5) is 38.2. The second-order valence-corrected chi connectivity index (χ2v) is 16.6. The van der Waals surface area contributed by atoms with Gasteiger partial charge in [0.05, 0.1) is 33.1 Å². The standard InChI is InChI=1S/C33H27ClN6O11S3/c1-14-27(36-21-13-22(53(46,47)48)26(35)25-24(21)29(41)19-9-4-5-10-20(19)30(25)42)15(2)31(54(49,50)51)16(3)28(14)39-33-38-23(37-32(34)40-33)12-17-7-6-8-18(11-17)52(43,44)45/h4-11,13,36H,12,35H2,1-3H3,(H,43,44,45)(H,46,47,48)(H,49,50,51)(H,37,38,39,40). The summed E-state index contributed by atoms with van der Waals surface area (Å²) < 4.78 is 104. The van der Waals surface area contributed by atoms with Crippen LogP contribution in [0.15, 0.2) is 69.3 Å². The number of rotatable bonds is 9. The topological polar surface area (TPSA) is 286 Å². The van der Waals surface area contributed by atoms with Gasteiger partial charge in [0.25, 0.3) is 30.4 Å². The first-order chi connectivity index (χ1) is 25.1. The Hall–Kier alpha value is -5.35. The van der Waals surface area contributed by atoms with E-state index in [1.807, 2.05) is 0 Å². The minimum Gasteiger partial charge on any atom is -0.397 e. The first-order valence-corrected chi connectivity index (χ1v) is 20.0. The lowest BCUT2D eigenvalue weighted by Gasteiger charge is -2.26. The molecule has 21 heteroatoms. The van der Waals surface area contributed by atoms with Crippen LogP contribution in [-0.4, -0.2) is 65.4 Å². The van der Waals surface area contributed by atoms with Crippen LogP contribution in [0.2, 0.25) is 5.28 Å². The SMILES string of the molecule is Cc1c(Nc2nc(Cl)nc(Cc3cccc(S(=O)(=O)O)c3)n2)c(C)c(S(=O)(=O)O)c(C)c1Nc1cc(S(=O)(=O)O)c(N)c2c1C(=O)c1ccccc1C2=O. The van der Waals surface area contributed by atoms with E-state index in [-0.39, 0.29) is 78.8 Å². The van der Waals surface area contributed by atoms with Gasteiger partial charge in [0, 0.05) is 23.2 Å². The summed E-state index contributed by atoms with van der Waals surface area (Å²) in [5.74, 6) is -1.75. The number of ketones is 2. The van der Waals surface area contributed by atoms with Gasteiger partial charge in [-0.1, -0.05) is 36.4 Å². The number of halogens is 1. The van der Waals surface area contributed by atoms with Crippen molar-refractivity contribution in [2.75, 3.05) is 16.4 Å². The van der Waals surface area contributed by atoms with Gasteiger partial charge in [0.1, 0.15) is 15.6 Å². The van der Waals surface area contributed by atoms with Crippen LogP contribution in [0.5, 0.6) is 0 Å². The smallest absolute Gasteiger partial charge is 0.296 e. The van der Waals surface area contributed by atoms with Gasteiger partial charge < -0.3 is 16.4 Å². The molecule has 6 rings (SSSR count). The van der Waals surface area contributed by atoms with Crippen LogP contribution < -0.4 is 16.4 Å². The quantitative estimate of drug-likeness (QED) is 0.0857. The predicted molar refractivity (Wildman–Crippen MR) is 195 cm³/mol. The van der Waals surface area contributed by atoms with Crippen molar-refractivity contribution in [3.05, 3.63) is 110 Å². The van der Waals surface area contributed by atoms with Crippen molar-refractivity contribution >= 4 is 82.2 Å². The van der Waals surface area contributed by atoms with E-state index in [4.69, 9.17) is 17.3 Å². The van der Waals surface area contributed by atoms with Gasteiger partial charge in [0.15, 0.2) is 11.6 Å². The molecule has 0 radical (unpaired) electrons. The minimum absolute atomic E-state index is 0.00984. The summed E-state index contributed by atoms with van der Waals surface area (Å²) in [5.41, 5.74) is 4.44. The van der Waals surface area contributed by atoms with Crippen molar-refractivity contribution in [3.63, 3.8) is 0 Å². The van der Waals surface area contributed by atoms with E-state index >= 15 is 0 Å². The number of nitrogens with zero attached hydrogens (tertiary/aromatic N) is 3. The van der Waals surface area contributed by atoms with E-state index in [1.54, 1.807) is 6.07 Å². The molecule has 54 heavy (non-hydrogen) atoms. The molecular formula is C33H27ClN6O11S3. The zero-order chi connectivity index (χ0) is 39.7. The summed E-state index contributed by atoms with van der Waals surface area (Å²) in [5, 5.41) is 5.41. The van der Waals surface area contributed by atoms with E-state index in [9.17, 15) is 48.5 Å². The number of nitrogens with two attached hydrogens (primary N) is 1. The van der Waals surface area contributed by atoms with Crippen LogP contribution in [-0.2, 0) is 36.8 Å². The number of aromatic nitrogens is 3. The third-order valence-electron chi connectivity index (χ3n) is 8.63. The number of carbonyl (C=O) groups is 2. The molecular weight excluding hydrogens is 788 g/mol. The van der Waals surface area contributed by atoms with Crippen molar-refractivity contribution in [3.8, 4) is 0 Å². The van der Waals surface area contributed by atoms with Gasteiger partial charge >= 0.3 is 0 Å². The van der Waals surface area contributed by atoms with E-state index in [2.05, 4.69) is 25.6 Å². The average molecular weight is 815 g/mol. The lowest BCUT2D eigenvalue weighted by molar-refractivity contribution is 0.0980. The first kappa shape index (κ1) is 38.4. The van der Waals surface area contributed by atoms with Crippen LogP contribution in [0.1, 0.15) is 59.9 Å². The molecule has 0 saturated carbocycles. The molecule has 1 aliphatic rings. The second-order valence-electron chi connectivity index (χ2n) is 12.1. The fourth-order valence-corrected chi connectivity index (χ4v) is 8.69. The maximum atomic E-state index is 13.9. The number of nitrogens with one attached hydrogen (secondary N) is 2. The number of fused-ring (bicyclic) bond motifs is 2. The van der Waals surface area contributed by atoms with Crippen LogP contribution >= 0.6 is 11.6 Å². The van der Waals surface area contributed by atoms with Gasteiger partial charge in [0.2, 0.25) is 11.2 Å². The van der Waals surface area contributed by atoms with Crippen LogP contribution in [0, 0.1) is 20.8 Å². The van der Waals surface area contributed by atoms with Gasteiger partial charge in [-0.05, 0) is 72.8 Å². The van der Waals surface area contributed by atoms with Crippen molar-refractivity contribution in [1.29, 1.82) is 0 Å². The van der Waals surface area contributed by atoms with Crippen LogP contribution in [0.4, 0.5) is 28.7 Å². The number of carbonyl (C=O) groups excluding carboxylic acids is 2. The summed E-state index contributed by atoms with van der Waals surface area (Å²) in [6.07, 6.45) is -0.0938. The number of hydrogen-bond acceptors (Lipinski definition) is 14. The highest BCUT2D eigenvalue weighted by Gasteiger charge is 2.37. The monoisotopic (exact) mass is 814 g/mol. The molecule has 5 aromatic rings. The Balaban J connectivity index is 1.52. The maximum absolute atomic E-state index is 13.9. The summed E-state index contributed by atoms with van der Waals surface area (Å²) in [7, 11) is -14.6. The highest BCUT2D eigenvalue weighted by atomic mass is 35.5. The van der Waals surface area contributed by atoms with Crippen LogP contribution in [0.25, 0.3) is 0 Å². The fraction of sp³-hybridized carbons (Fsp3) is 0.121. The Labute approximate surface area is 312 Å². The third kappa shape index (κ3) is 7.02. The molecule has 1 heterocycles.